The number of carbonyl (C=O) groups is 1. The number of nitrogens with one attached hydrogen (secondary N) is 1. The van der Waals surface area contributed by atoms with Gasteiger partial charge < -0.3 is 24.2 Å². The molecule has 3 N–H and O–H groups in total. The van der Waals surface area contributed by atoms with E-state index in [9.17, 15) is 9.59 Å². The molecule has 3 aromatic rings. The molecule has 2 aliphatic rings. The zero-order valence-corrected chi connectivity index (χ0v) is 25.9. The molecule has 12 nitrogen and oxygen atoms in total. The monoisotopic (exact) mass is 609 g/mol. The Morgan fingerprint density at radius 1 is 0.955 bits per heavy atom. The summed E-state index contributed by atoms with van der Waals surface area (Å²) in [5.74, 6) is 6.61. The van der Waals surface area contributed by atoms with Gasteiger partial charge in [0.2, 0.25) is 5.91 Å². The zero-order chi connectivity index (χ0) is 30.7. The predicted molar refractivity (Wildman–Crippen MR) is 167 cm³/mol. The molecule has 5 rings (SSSR count). The van der Waals surface area contributed by atoms with Gasteiger partial charge in [0.15, 0.2) is 5.65 Å². The standard InChI is InChI=1S/C32H47N7O5/c1-2-3-17-43-31-34-21-28-30(36-31)39(32(41)35-28)23-25-6-4-24(5-7-25)22-37-13-8-26(9-14-37)27-10-15-38(16-11-27)29(40)12-18-42-19-20-44-33/h4-7,21,26-27H,2-3,8-20,22-23,33H2,1H3,(H,35,41). The fourth-order valence-corrected chi connectivity index (χ4v) is 6.37. The number of unbranched alkanes of at least 4 members (excludes halogenated alkanes) is 1. The number of ether oxygens (including phenoxy) is 2. The lowest BCUT2D eigenvalue weighted by atomic mass is 9.78. The van der Waals surface area contributed by atoms with Crippen LogP contribution in [-0.2, 0) is 27.5 Å². The molecule has 2 fully saturated rings. The third kappa shape index (κ3) is 8.65. The Morgan fingerprint density at radius 3 is 2.32 bits per heavy atom. The number of fused-ring (bicyclic) bond motifs is 1. The number of hydrogen-bond donors (Lipinski definition) is 2. The number of H-pyrrole nitrogens is 1. The van der Waals surface area contributed by atoms with Crippen molar-refractivity contribution in [3.05, 3.63) is 52.1 Å². The summed E-state index contributed by atoms with van der Waals surface area (Å²) in [6.07, 6.45) is 8.60. The van der Waals surface area contributed by atoms with Gasteiger partial charge in [-0.1, -0.05) is 37.6 Å². The SMILES string of the molecule is CCCCOc1ncc2[nH]c(=O)n(Cc3ccc(CN4CCC(C5CCN(C(=O)CCOCCON)CC5)CC4)cc3)c2n1. The van der Waals surface area contributed by atoms with Crippen LogP contribution < -0.4 is 16.3 Å². The molecule has 2 aromatic heterocycles. The number of aromatic amines is 1. The van der Waals surface area contributed by atoms with Crippen LogP contribution in [0, 0.1) is 11.8 Å². The largest absolute Gasteiger partial charge is 0.463 e. The maximum absolute atomic E-state index is 12.7. The van der Waals surface area contributed by atoms with E-state index in [4.69, 9.17) is 15.4 Å². The van der Waals surface area contributed by atoms with E-state index in [-0.39, 0.29) is 11.6 Å². The fraction of sp³-hybridized carbons (Fsp3) is 0.625. The van der Waals surface area contributed by atoms with Gasteiger partial charge in [-0.15, -0.1) is 0 Å². The summed E-state index contributed by atoms with van der Waals surface area (Å²) < 4.78 is 12.7. The van der Waals surface area contributed by atoms with Gasteiger partial charge in [0.05, 0.1) is 45.6 Å². The van der Waals surface area contributed by atoms with Gasteiger partial charge >= 0.3 is 11.7 Å². The van der Waals surface area contributed by atoms with Gasteiger partial charge in [-0.25, -0.2) is 15.7 Å². The lowest BCUT2D eigenvalue weighted by Crippen LogP contribution is -2.42. The van der Waals surface area contributed by atoms with Crippen LogP contribution in [0.4, 0.5) is 0 Å². The second kappa shape index (κ2) is 16.1. The van der Waals surface area contributed by atoms with Crippen LogP contribution in [0.15, 0.2) is 35.3 Å². The van der Waals surface area contributed by atoms with E-state index in [0.29, 0.717) is 62.5 Å². The molecular weight excluding hydrogens is 562 g/mol. The average Bonchev–Trinajstić information content (AvgIpc) is 3.36. The number of imidazole rings is 1. The quantitative estimate of drug-likeness (QED) is 0.196. The van der Waals surface area contributed by atoms with E-state index >= 15 is 0 Å². The van der Waals surface area contributed by atoms with E-state index in [2.05, 4.69) is 55.9 Å². The maximum atomic E-state index is 12.7. The molecule has 0 atom stereocenters. The van der Waals surface area contributed by atoms with Crippen LogP contribution in [-0.4, -0.2) is 87.8 Å². The lowest BCUT2D eigenvalue weighted by Gasteiger charge is -2.40. The van der Waals surface area contributed by atoms with Crippen molar-refractivity contribution in [1.82, 2.24) is 29.3 Å². The minimum absolute atomic E-state index is 0.182. The number of benzene rings is 1. The smallest absolute Gasteiger partial charge is 0.328 e. The first-order chi connectivity index (χ1) is 21.5. The second-order valence-electron chi connectivity index (χ2n) is 12.0. The van der Waals surface area contributed by atoms with Crippen LogP contribution in [0.25, 0.3) is 11.2 Å². The Balaban J connectivity index is 1.05. The first kappa shape index (κ1) is 32.1. The summed E-state index contributed by atoms with van der Waals surface area (Å²) in [5.41, 5.74) is 3.27. The van der Waals surface area contributed by atoms with Crippen molar-refractivity contribution >= 4 is 17.1 Å². The molecule has 0 saturated carbocycles. The molecular formula is C32H47N7O5. The van der Waals surface area contributed by atoms with Gasteiger partial charge in [-0.05, 0) is 68.2 Å². The fourth-order valence-electron chi connectivity index (χ4n) is 6.37. The number of amides is 1. The summed E-state index contributed by atoms with van der Waals surface area (Å²) in [4.78, 5) is 45.7. The van der Waals surface area contributed by atoms with E-state index in [1.54, 1.807) is 10.8 Å². The number of piperidine rings is 2. The highest BCUT2D eigenvalue weighted by Gasteiger charge is 2.30. The number of aromatic nitrogens is 4. The van der Waals surface area contributed by atoms with Crippen LogP contribution >= 0.6 is 0 Å². The topological polar surface area (TPSA) is 141 Å². The van der Waals surface area contributed by atoms with E-state index in [1.165, 1.54) is 18.4 Å². The molecule has 2 aliphatic heterocycles. The molecule has 44 heavy (non-hydrogen) atoms. The van der Waals surface area contributed by atoms with Crippen LogP contribution in [0.3, 0.4) is 0 Å². The van der Waals surface area contributed by atoms with Crippen molar-refractivity contribution in [2.24, 2.45) is 17.7 Å². The Morgan fingerprint density at radius 2 is 1.64 bits per heavy atom. The molecule has 0 bridgehead atoms. The minimum Gasteiger partial charge on any atom is -0.463 e. The van der Waals surface area contributed by atoms with Gasteiger partial charge in [-0.3, -0.25) is 14.3 Å². The predicted octanol–water partition coefficient (Wildman–Crippen LogP) is 3.09. The summed E-state index contributed by atoms with van der Waals surface area (Å²) in [5, 5.41) is 0. The van der Waals surface area contributed by atoms with Crippen molar-refractivity contribution in [1.29, 1.82) is 0 Å². The van der Waals surface area contributed by atoms with Gasteiger partial charge in [0.1, 0.15) is 5.52 Å². The molecule has 0 radical (unpaired) electrons. The zero-order valence-electron chi connectivity index (χ0n) is 25.9. The van der Waals surface area contributed by atoms with E-state index < -0.39 is 0 Å². The molecule has 240 valence electrons. The summed E-state index contributed by atoms with van der Waals surface area (Å²) in [6.45, 7) is 9.10. The average molecular weight is 610 g/mol. The van der Waals surface area contributed by atoms with Gasteiger partial charge in [-0.2, -0.15) is 4.98 Å². The van der Waals surface area contributed by atoms with Crippen molar-refractivity contribution in [2.45, 2.75) is 65.0 Å². The number of nitrogens with two attached hydrogens (primary N) is 1. The van der Waals surface area contributed by atoms with Crippen molar-refractivity contribution in [2.75, 3.05) is 52.6 Å². The Kier molecular flexibility index (Phi) is 11.8. The Bertz CT molecular complexity index is 1380. The molecule has 0 spiro atoms. The Hall–Kier alpha value is -3.32. The molecule has 0 unspecified atom stereocenters. The molecule has 12 heteroatoms. The summed E-state index contributed by atoms with van der Waals surface area (Å²) in [7, 11) is 0. The highest BCUT2D eigenvalue weighted by atomic mass is 16.6. The van der Waals surface area contributed by atoms with Crippen molar-refractivity contribution < 1.29 is 19.1 Å². The highest BCUT2D eigenvalue weighted by Crippen LogP contribution is 2.33. The Labute approximate surface area is 258 Å². The lowest BCUT2D eigenvalue weighted by molar-refractivity contribution is -0.134. The second-order valence-corrected chi connectivity index (χ2v) is 12.0. The summed E-state index contributed by atoms with van der Waals surface area (Å²) in [6, 6.07) is 8.83. The van der Waals surface area contributed by atoms with Crippen LogP contribution in [0.5, 0.6) is 6.01 Å². The number of carbonyl (C=O) groups excluding carboxylic acids is 1. The molecule has 1 amide bonds. The molecule has 0 aliphatic carbocycles. The van der Waals surface area contributed by atoms with Crippen LogP contribution in [0.1, 0.15) is 63.0 Å². The van der Waals surface area contributed by atoms with Crippen molar-refractivity contribution in [3.63, 3.8) is 0 Å². The van der Waals surface area contributed by atoms with Crippen molar-refractivity contribution in [3.8, 4) is 6.01 Å². The normalized spacial score (nSPS) is 17.0. The number of likely N-dealkylation sites (tertiary alicyclic amines) is 2. The minimum atomic E-state index is -0.205. The van der Waals surface area contributed by atoms with Gasteiger partial charge in [0.25, 0.3) is 0 Å². The number of nitrogens with zero attached hydrogens (tertiary/aromatic N) is 5. The van der Waals surface area contributed by atoms with E-state index in [0.717, 1.165) is 69.9 Å². The van der Waals surface area contributed by atoms with Gasteiger partial charge in [0, 0.05) is 19.6 Å². The number of rotatable bonds is 15. The summed E-state index contributed by atoms with van der Waals surface area (Å²) >= 11 is 0. The number of hydrogen-bond acceptors (Lipinski definition) is 9. The molecule has 4 heterocycles. The maximum Gasteiger partial charge on any atom is 0.328 e. The highest BCUT2D eigenvalue weighted by molar-refractivity contribution is 5.76. The first-order valence-electron chi connectivity index (χ1n) is 16.1. The van der Waals surface area contributed by atoms with E-state index in [1.807, 2.05) is 4.90 Å². The van der Waals surface area contributed by atoms with Crippen LogP contribution in [0.2, 0.25) is 0 Å². The molecule has 2 saturated heterocycles. The first-order valence-corrected chi connectivity index (χ1v) is 16.1. The molecule has 1 aromatic carbocycles. The third-order valence-electron chi connectivity index (χ3n) is 8.98. The third-order valence-corrected chi connectivity index (χ3v) is 8.98.